The normalized spacial score (nSPS) is 10.6. The number of aryl methyl sites for hydroxylation is 1. The molecule has 0 bridgehead atoms. The summed E-state index contributed by atoms with van der Waals surface area (Å²) in [6, 6.07) is 11.0. The maximum atomic E-state index is 12.3. The number of carbonyl (C=O) groups is 1. The molecule has 3 rings (SSSR count). The van der Waals surface area contributed by atoms with Crippen LogP contribution < -0.4 is 21.3 Å². The van der Waals surface area contributed by atoms with E-state index in [4.69, 9.17) is 10.6 Å². The summed E-state index contributed by atoms with van der Waals surface area (Å²) in [5.41, 5.74) is 5.58. The minimum Gasteiger partial charge on any atom is -0.494 e. The van der Waals surface area contributed by atoms with E-state index in [1.54, 1.807) is 25.3 Å². The number of hydrogen-bond acceptors (Lipinski definition) is 6. The molecule has 7 heteroatoms. The number of thiazole rings is 1. The van der Waals surface area contributed by atoms with Crippen molar-refractivity contribution in [3.63, 3.8) is 0 Å². The van der Waals surface area contributed by atoms with Gasteiger partial charge in [-0.2, -0.15) is 0 Å². The summed E-state index contributed by atoms with van der Waals surface area (Å²) in [6.45, 7) is 1.98. The number of amides is 1. The van der Waals surface area contributed by atoms with Crippen LogP contribution in [0.3, 0.4) is 0 Å². The van der Waals surface area contributed by atoms with Crippen LogP contribution in [-0.4, -0.2) is 18.0 Å². The van der Waals surface area contributed by atoms with Crippen LogP contribution in [0.5, 0.6) is 5.75 Å². The molecule has 0 aliphatic heterocycles. The quantitative estimate of drug-likeness (QED) is 0.506. The molecule has 4 N–H and O–H groups in total. The van der Waals surface area contributed by atoms with Crippen LogP contribution in [0.15, 0.2) is 36.4 Å². The molecule has 1 heterocycles. The average Bonchev–Trinajstić information content (AvgIpc) is 2.97. The molecule has 2 aromatic carbocycles. The van der Waals surface area contributed by atoms with E-state index in [1.165, 1.54) is 11.3 Å². The van der Waals surface area contributed by atoms with Gasteiger partial charge < -0.3 is 10.1 Å². The first-order chi connectivity index (χ1) is 11.1. The van der Waals surface area contributed by atoms with Crippen molar-refractivity contribution in [2.45, 2.75) is 6.92 Å². The molecule has 23 heavy (non-hydrogen) atoms. The van der Waals surface area contributed by atoms with E-state index in [1.807, 2.05) is 25.1 Å². The molecule has 0 aliphatic rings. The number of nitrogens with two attached hydrogens (primary N) is 1. The number of nitrogens with zero attached hydrogens (tertiary/aromatic N) is 1. The number of methoxy groups -OCH3 is 1. The number of fused-ring (bicyclic) bond motifs is 1. The first-order valence-corrected chi connectivity index (χ1v) is 7.75. The minimum atomic E-state index is -0.173. The molecular weight excluding hydrogens is 312 g/mol. The van der Waals surface area contributed by atoms with Gasteiger partial charge in [-0.1, -0.05) is 29.0 Å². The van der Waals surface area contributed by atoms with E-state index < -0.39 is 0 Å². The summed E-state index contributed by atoms with van der Waals surface area (Å²) in [4.78, 5) is 16.7. The third-order valence-corrected chi connectivity index (χ3v) is 4.31. The predicted octanol–water partition coefficient (Wildman–Crippen LogP) is 3.15. The van der Waals surface area contributed by atoms with Crippen LogP contribution >= 0.6 is 11.3 Å². The Labute approximate surface area is 137 Å². The zero-order valence-electron chi connectivity index (χ0n) is 12.7. The van der Waals surface area contributed by atoms with Gasteiger partial charge in [-0.05, 0) is 25.1 Å². The Morgan fingerprint density at radius 3 is 2.65 bits per heavy atom. The molecule has 0 saturated heterocycles. The van der Waals surface area contributed by atoms with Crippen LogP contribution in [0.25, 0.3) is 10.2 Å². The number of rotatable bonds is 4. The second kappa shape index (κ2) is 6.23. The van der Waals surface area contributed by atoms with Gasteiger partial charge in [0.05, 0.1) is 11.8 Å². The number of ether oxygens (including phenoxy) is 1. The van der Waals surface area contributed by atoms with Crippen molar-refractivity contribution in [2.75, 3.05) is 17.9 Å². The number of hydrazine groups is 1. The van der Waals surface area contributed by atoms with Crippen molar-refractivity contribution in [2.24, 2.45) is 5.84 Å². The second-order valence-corrected chi connectivity index (χ2v) is 6.04. The summed E-state index contributed by atoms with van der Waals surface area (Å²) in [5, 5.41) is 3.46. The van der Waals surface area contributed by atoms with Crippen molar-refractivity contribution in [1.29, 1.82) is 0 Å². The van der Waals surface area contributed by atoms with Crippen molar-refractivity contribution in [3.05, 3.63) is 47.5 Å². The first-order valence-electron chi connectivity index (χ1n) is 6.94. The number of anilines is 2. The number of hydrogen-bond donors (Lipinski definition) is 3. The fourth-order valence-electron chi connectivity index (χ4n) is 2.20. The van der Waals surface area contributed by atoms with Crippen molar-refractivity contribution < 1.29 is 9.53 Å². The highest BCUT2D eigenvalue weighted by atomic mass is 32.1. The van der Waals surface area contributed by atoms with Crippen LogP contribution in [0.4, 0.5) is 10.8 Å². The molecule has 118 valence electrons. The Hall–Kier alpha value is -2.64. The largest absolute Gasteiger partial charge is 0.494 e. The van der Waals surface area contributed by atoms with Gasteiger partial charge in [0.2, 0.25) is 0 Å². The van der Waals surface area contributed by atoms with Gasteiger partial charge in [0.25, 0.3) is 5.91 Å². The lowest BCUT2D eigenvalue weighted by Gasteiger charge is -2.08. The maximum absolute atomic E-state index is 12.3. The Bertz CT molecular complexity index is 858. The standard InChI is InChI=1S/C16H16N4O2S/c1-9-3-5-10(6-4-9)15(21)18-11-7-12(22-2)14-13(8-11)23-16(19-14)20-17/h3-8H,17H2,1-2H3,(H,18,21)(H,19,20). The molecule has 0 radical (unpaired) electrons. The molecule has 0 fully saturated rings. The molecule has 6 nitrogen and oxygen atoms in total. The summed E-state index contributed by atoms with van der Waals surface area (Å²) in [5.74, 6) is 5.81. The van der Waals surface area contributed by atoms with Gasteiger partial charge in [-0.15, -0.1) is 0 Å². The summed E-state index contributed by atoms with van der Waals surface area (Å²) < 4.78 is 6.23. The lowest BCUT2D eigenvalue weighted by atomic mass is 10.1. The zero-order chi connectivity index (χ0) is 16.4. The van der Waals surface area contributed by atoms with Gasteiger partial charge in [0.15, 0.2) is 5.13 Å². The lowest BCUT2D eigenvalue weighted by molar-refractivity contribution is 0.102. The smallest absolute Gasteiger partial charge is 0.255 e. The van der Waals surface area contributed by atoms with Crippen molar-refractivity contribution in [3.8, 4) is 5.75 Å². The molecular formula is C16H16N4O2S. The van der Waals surface area contributed by atoms with Gasteiger partial charge in [-0.25, -0.2) is 10.8 Å². The van der Waals surface area contributed by atoms with Gasteiger partial charge in [0, 0.05) is 17.3 Å². The molecule has 1 amide bonds. The van der Waals surface area contributed by atoms with E-state index in [-0.39, 0.29) is 5.91 Å². The van der Waals surface area contributed by atoms with Crippen LogP contribution in [0.2, 0.25) is 0 Å². The van der Waals surface area contributed by atoms with Crippen LogP contribution in [0, 0.1) is 6.92 Å². The predicted molar refractivity (Wildman–Crippen MR) is 93.1 cm³/mol. The second-order valence-electron chi connectivity index (χ2n) is 5.01. The highest BCUT2D eigenvalue weighted by Crippen LogP contribution is 2.35. The summed E-state index contributed by atoms with van der Waals surface area (Å²) in [6.07, 6.45) is 0. The SMILES string of the molecule is COc1cc(NC(=O)c2ccc(C)cc2)cc2sc(NN)nc12. The van der Waals surface area contributed by atoms with E-state index in [0.29, 0.717) is 27.6 Å². The Balaban J connectivity index is 1.93. The van der Waals surface area contributed by atoms with Gasteiger partial charge >= 0.3 is 0 Å². The Morgan fingerprint density at radius 2 is 2.00 bits per heavy atom. The van der Waals surface area contributed by atoms with E-state index in [0.717, 1.165) is 10.3 Å². The average molecular weight is 328 g/mol. The Morgan fingerprint density at radius 1 is 1.26 bits per heavy atom. The molecule has 0 unspecified atom stereocenters. The van der Waals surface area contributed by atoms with Crippen LogP contribution in [0.1, 0.15) is 15.9 Å². The number of carbonyl (C=O) groups excluding carboxylic acids is 1. The maximum Gasteiger partial charge on any atom is 0.255 e. The van der Waals surface area contributed by atoms with Gasteiger partial charge in [0.1, 0.15) is 11.3 Å². The number of aromatic nitrogens is 1. The third kappa shape index (κ3) is 3.10. The van der Waals surface area contributed by atoms with Gasteiger partial charge in [-0.3, -0.25) is 10.2 Å². The summed E-state index contributed by atoms with van der Waals surface area (Å²) >= 11 is 1.39. The molecule has 0 saturated carbocycles. The van der Waals surface area contributed by atoms with E-state index in [9.17, 15) is 4.79 Å². The minimum absolute atomic E-state index is 0.173. The molecule has 1 aromatic heterocycles. The highest BCUT2D eigenvalue weighted by Gasteiger charge is 2.13. The number of nitrogens with one attached hydrogen (secondary N) is 2. The van der Waals surface area contributed by atoms with Crippen molar-refractivity contribution >= 4 is 38.3 Å². The topological polar surface area (TPSA) is 89.3 Å². The molecule has 3 aromatic rings. The monoisotopic (exact) mass is 328 g/mol. The Kier molecular flexibility index (Phi) is 4.14. The molecule has 0 spiro atoms. The molecule has 0 aliphatic carbocycles. The zero-order valence-corrected chi connectivity index (χ0v) is 13.5. The summed E-state index contributed by atoms with van der Waals surface area (Å²) in [7, 11) is 1.56. The lowest BCUT2D eigenvalue weighted by Crippen LogP contribution is -2.11. The third-order valence-electron chi connectivity index (χ3n) is 3.37. The number of benzene rings is 2. The fourth-order valence-corrected chi connectivity index (χ4v) is 3.03. The van der Waals surface area contributed by atoms with E-state index >= 15 is 0 Å². The first kappa shape index (κ1) is 15.3. The van der Waals surface area contributed by atoms with Crippen LogP contribution in [-0.2, 0) is 0 Å². The highest BCUT2D eigenvalue weighted by molar-refractivity contribution is 7.22. The number of nitrogen functional groups attached to an aromatic ring is 1. The molecule has 0 atom stereocenters. The fraction of sp³-hybridized carbons (Fsp3) is 0.125. The van der Waals surface area contributed by atoms with Crippen molar-refractivity contribution in [1.82, 2.24) is 4.98 Å². The van der Waals surface area contributed by atoms with E-state index in [2.05, 4.69) is 15.7 Å².